The highest BCUT2D eigenvalue weighted by molar-refractivity contribution is 9.11. The predicted molar refractivity (Wildman–Crippen MR) is 91.6 cm³/mol. The normalized spacial score (nSPS) is 11.6. The molecule has 2 N–H and O–H groups in total. The van der Waals surface area contributed by atoms with Crippen LogP contribution >= 0.6 is 31.9 Å². The molecule has 0 atom stereocenters. The van der Waals surface area contributed by atoms with Crippen molar-refractivity contribution in [2.24, 2.45) is 0 Å². The van der Waals surface area contributed by atoms with Crippen molar-refractivity contribution in [1.82, 2.24) is 5.32 Å². The summed E-state index contributed by atoms with van der Waals surface area (Å²) < 4.78 is 28.1. The van der Waals surface area contributed by atoms with Crippen LogP contribution in [0.5, 0.6) is 0 Å². The van der Waals surface area contributed by atoms with Crippen molar-refractivity contribution < 1.29 is 8.42 Å². The summed E-state index contributed by atoms with van der Waals surface area (Å²) in [6.07, 6.45) is 2.61. The molecule has 7 heteroatoms. The zero-order valence-corrected chi connectivity index (χ0v) is 15.4. The van der Waals surface area contributed by atoms with Gasteiger partial charge in [0.25, 0.3) is 0 Å². The maximum absolute atomic E-state index is 12.0. The van der Waals surface area contributed by atoms with Crippen molar-refractivity contribution in [3.05, 3.63) is 27.1 Å². The number of nitrogens with one attached hydrogen (secondary N) is 2. The first-order valence-electron chi connectivity index (χ1n) is 6.61. The van der Waals surface area contributed by atoms with E-state index in [1.807, 2.05) is 6.07 Å². The van der Waals surface area contributed by atoms with E-state index in [4.69, 9.17) is 0 Å². The summed E-state index contributed by atoms with van der Waals surface area (Å²) >= 11 is 6.68. The van der Waals surface area contributed by atoms with Crippen LogP contribution in [0.2, 0.25) is 0 Å². The fraction of sp³-hybridized carbons (Fsp3) is 0.538. The molecule has 0 amide bonds. The van der Waals surface area contributed by atoms with Gasteiger partial charge >= 0.3 is 0 Å². The van der Waals surface area contributed by atoms with Gasteiger partial charge in [-0.25, -0.2) is 8.42 Å². The van der Waals surface area contributed by atoms with E-state index in [1.165, 1.54) is 0 Å². The van der Waals surface area contributed by atoms with E-state index in [1.54, 1.807) is 12.1 Å². The average molecular weight is 428 g/mol. The lowest BCUT2D eigenvalue weighted by Crippen LogP contribution is -2.20. The third kappa shape index (κ3) is 7.06. The van der Waals surface area contributed by atoms with E-state index in [0.29, 0.717) is 12.1 Å². The fourth-order valence-corrected chi connectivity index (χ4v) is 4.11. The van der Waals surface area contributed by atoms with Gasteiger partial charge in [-0.1, -0.05) is 22.9 Å². The van der Waals surface area contributed by atoms with Gasteiger partial charge in [0, 0.05) is 8.95 Å². The Morgan fingerprint density at radius 3 is 2.55 bits per heavy atom. The number of benzene rings is 1. The summed E-state index contributed by atoms with van der Waals surface area (Å²) in [6.45, 7) is 3.96. The Hall–Kier alpha value is -0.110. The number of rotatable bonds is 9. The summed E-state index contributed by atoms with van der Waals surface area (Å²) in [4.78, 5) is 0. The SMILES string of the molecule is CCCNCCCCS(=O)(=O)Nc1ccc(Br)cc1Br. The third-order valence-corrected chi connectivity index (χ3v) is 5.15. The maximum atomic E-state index is 12.0. The van der Waals surface area contributed by atoms with Gasteiger partial charge in [-0.3, -0.25) is 4.72 Å². The van der Waals surface area contributed by atoms with Crippen LogP contribution in [0, 0.1) is 0 Å². The molecule has 0 saturated carbocycles. The minimum atomic E-state index is -3.29. The zero-order chi connectivity index (χ0) is 15.0. The standard InChI is InChI=1S/C13H20Br2N2O2S/c1-2-7-16-8-3-4-9-20(18,19)17-13-6-5-11(14)10-12(13)15/h5-6,10,16-17H,2-4,7-9H2,1H3. The largest absolute Gasteiger partial charge is 0.317 e. The van der Waals surface area contributed by atoms with Gasteiger partial charge in [-0.2, -0.15) is 0 Å². The first-order chi connectivity index (χ1) is 9.44. The minimum absolute atomic E-state index is 0.142. The second-order valence-electron chi connectivity index (χ2n) is 4.50. The lowest BCUT2D eigenvalue weighted by molar-refractivity contribution is 0.590. The Morgan fingerprint density at radius 2 is 1.90 bits per heavy atom. The molecule has 0 aliphatic rings. The highest BCUT2D eigenvalue weighted by Gasteiger charge is 2.12. The zero-order valence-electron chi connectivity index (χ0n) is 11.5. The van der Waals surface area contributed by atoms with Crippen LogP contribution in [0.4, 0.5) is 5.69 Å². The molecule has 0 fully saturated rings. The van der Waals surface area contributed by atoms with Gasteiger partial charge < -0.3 is 5.32 Å². The molecule has 0 heterocycles. The van der Waals surface area contributed by atoms with Crippen LogP contribution in [0.15, 0.2) is 27.1 Å². The molecular weight excluding hydrogens is 408 g/mol. The number of hydrogen-bond acceptors (Lipinski definition) is 3. The predicted octanol–water partition coefficient (Wildman–Crippen LogP) is 3.73. The van der Waals surface area contributed by atoms with Crippen LogP contribution in [0.1, 0.15) is 26.2 Å². The van der Waals surface area contributed by atoms with Crippen molar-refractivity contribution >= 4 is 47.6 Å². The monoisotopic (exact) mass is 426 g/mol. The number of anilines is 1. The summed E-state index contributed by atoms with van der Waals surface area (Å²) in [5, 5.41) is 3.26. The van der Waals surface area contributed by atoms with E-state index in [2.05, 4.69) is 48.8 Å². The van der Waals surface area contributed by atoms with Crippen LogP contribution in [-0.2, 0) is 10.0 Å². The quantitative estimate of drug-likeness (QED) is 0.590. The molecule has 0 bridgehead atoms. The molecule has 114 valence electrons. The van der Waals surface area contributed by atoms with Gasteiger partial charge in [0.1, 0.15) is 0 Å². The number of halogens is 2. The van der Waals surface area contributed by atoms with Crippen molar-refractivity contribution in [1.29, 1.82) is 0 Å². The van der Waals surface area contributed by atoms with Crippen molar-refractivity contribution in [2.75, 3.05) is 23.6 Å². The molecule has 0 aromatic heterocycles. The maximum Gasteiger partial charge on any atom is 0.232 e. The Kier molecular flexibility index (Phi) is 8.09. The molecule has 1 aromatic carbocycles. The number of hydrogen-bond donors (Lipinski definition) is 2. The molecule has 4 nitrogen and oxygen atoms in total. The molecular formula is C13H20Br2N2O2S. The van der Waals surface area contributed by atoms with Gasteiger partial charge in [-0.05, 0) is 66.5 Å². The Balaban J connectivity index is 2.41. The number of unbranched alkanes of at least 4 members (excludes halogenated alkanes) is 1. The molecule has 0 unspecified atom stereocenters. The molecule has 0 aliphatic heterocycles. The Labute approximate surface area is 138 Å². The van der Waals surface area contributed by atoms with Crippen LogP contribution in [0.3, 0.4) is 0 Å². The highest BCUT2D eigenvalue weighted by Crippen LogP contribution is 2.27. The third-order valence-electron chi connectivity index (χ3n) is 2.64. The van der Waals surface area contributed by atoms with E-state index >= 15 is 0 Å². The first kappa shape index (κ1) is 17.9. The van der Waals surface area contributed by atoms with Crippen LogP contribution in [-0.4, -0.2) is 27.3 Å². The van der Waals surface area contributed by atoms with Crippen LogP contribution in [0.25, 0.3) is 0 Å². The smallest absolute Gasteiger partial charge is 0.232 e. The van der Waals surface area contributed by atoms with Gasteiger partial charge in [0.05, 0.1) is 11.4 Å². The summed E-state index contributed by atoms with van der Waals surface area (Å²) in [6, 6.07) is 5.35. The second-order valence-corrected chi connectivity index (χ2v) is 8.11. The van der Waals surface area contributed by atoms with Crippen molar-refractivity contribution in [3.63, 3.8) is 0 Å². The minimum Gasteiger partial charge on any atom is -0.317 e. The molecule has 1 rings (SSSR count). The van der Waals surface area contributed by atoms with Crippen LogP contribution < -0.4 is 10.0 Å². The van der Waals surface area contributed by atoms with E-state index < -0.39 is 10.0 Å². The molecule has 0 radical (unpaired) electrons. The summed E-state index contributed by atoms with van der Waals surface area (Å²) in [5.41, 5.74) is 0.567. The second kappa shape index (κ2) is 9.02. The van der Waals surface area contributed by atoms with Gasteiger partial charge in [0.15, 0.2) is 0 Å². The van der Waals surface area contributed by atoms with Crippen molar-refractivity contribution in [2.45, 2.75) is 26.2 Å². The molecule has 0 aliphatic carbocycles. The summed E-state index contributed by atoms with van der Waals surface area (Å²) in [5.74, 6) is 0.142. The van der Waals surface area contributed by atoms with Gasteiger partial charge in [0.2, 0.25) is 10.0 Å². The number of sulfonamides is 1. The lowest BCUT2D eigenvalue weighted by Gasteiger charge is -2.10. The van der Waals surface area contributed by atoms with Crippen molar-refractivity contribution in [3.8, 4) is 0 Å². The topological polar surface area (TPSA) is 58.2 Å². The Morgan fingerprint density at radius 1 is 1.15 bits per heavy atom. The average Bonchev–Trinajstić information content (AvgIpc) is 2.37. The molecule has 0 saturated heterocycles. The van der Waals surface area contributed by atoms with Gasteiger partial charge in [-0.15, -0.1) is 0 Å². The van der Waals surface area contributed by atoms with E-state index in [0.717, 1.165) is 34.9 Å². The first-order valence-corrected chi connectivity index (χ1v) is 9.84. The fourth-order valence-electron chi connectivity index (χ4n) is 1.63. The molecule has 20 heavy (non-hydrogen) atoms. The van der Waals surface area contributed by atoms with E-state index in [-0.39, 0.29) is 5.75 Å². The molecule has 0 spiro atoms. The Bertz CT molecular complexity index is 521. The molecule has 1 aromatic rings. The van der Waals surface area contributed by atoms with E-state index in [9.17, 15) is 8.42 Å². The summed E-state index contributed by atoms with van der Waals surface area (Å²) in [7, 11) is -3.29. The lowest BCUT2D eigenvalue weighted by atomic mass is 10.3. The highest BCUT2D eigenvalue weighted by atomic mass is 79.9.